The second-order valence-corrected chi connectivity index (χ2v) is 7.10. The Morgan fingerprint density at radius 3 is 2.67 bits per heavy atom. The number of aryl methyl sites for hydroxylation is 2. The molecule has 0 aliphatic carbocycles. The summed E-state index contributed by atoms with van der Waals surface area (Å²) in [6, 6.07) is 9.64. The number of rotatable bonds is 5. The van der Waals surface area contributed by atoms with Gasteiger partial charge in [-0.2, -0.15) is 4.68 Å². The summed E-state index contributed by atoms with van der Waals surface area (Å²) in [5.74, 6) is 1.14. The fourth-order valence-corrected chi connectivity index (χ4v) is 3.35. The molecule has 154 valence electrons. The molecule has 0 radical (unpaired) electrons. The molecule has 4 rings (SSSR count). The van der Waals surface area contributed by atoms with E-state index in [4.69, 9.17) is 4.74 Å². The van der Waals surface area contributed by atoms with Gasteiger partial charge in [0.15, 0.2) is 11.6 Å². The number of hydrogen-bond donors (Lipinski definition) is 1. The summed E-state index contributed by atoms with van der Waals surface area (Å²) in [4.78, 5) is 29.4. The number of tetrazole rings is 1. The second kappa shape index (κ2) is 7.90. The van der Waals surface area contributed by atoms with Crippen LogP contribution in [0.5, 0.6) is 0 Å². The maximum Gasteiger partial charge on any atom is 0.414 e. The number of benzene rings is 1. The van der Waals surface area contributed by atoms with Gasteiger partial charge in [-0.3, -0.25) is 9.69 Å². The van der Waals surface area contributed by atoms with Crippen molar-refractivity contribution in [1.29, 1.82) is 0 Å². The van der Waals surface area contributed by atoms with Crippen molar-refractivity contribution in [3.8, 4) is 16.9 Å². The number of nitrogens with zero attached hydrogens (tertiary/aromatic N) is 6. The van der Waals surface area contributed by atoms with Gasteiger partial charge in [0.05, 0.1) is 18.8 Å². The first-order valence-corrected chi connectivity index (χ1v) is 9.47. The third-order valence-electron chi connectivity index (χ3n) is 4.86. The van der Waals surface area contributed by atoms with E-state index >= 15 is 0 Å². The van der Waals surface area contributed by atoms with Gasteiger partial charge in [-0.25, -0.2) is 9.78 Å². The molecule has 0 bridgehead atoms. The second-order valence-electron chi connectivity index (χ2n) is 7.10. The minimum atomic E-state index is -0.413. The number of cyclic esters (lactones) is 1. The molecular formula is C20H21N7O3. The average molecular weight is 407 g/mol. The van der Waals surface area contributed by atoms with E-state index in [1.54, 1.807) is 15.8 Å². The zero-order valence-corrected chi connectivity index (χ0v) is 16.9. The number of ether oxygens (including phenoxy) is 1. The van der Waals surface area contributed by atoms with Crippen LogP contribution < -0.4 is 10.2 Å². The topological polar surface area (TPSA) is 115 Å². The summed E-state index contributed by atoms with van der Waals surface area (Å²) in [6.07, 6.45) is 0.981. The molecule has 30 heavy (non-hydrogen) atoms. The number of carbonyl (C=O) groups excluding carboxylic acids is 2. The van der Waals surface area contributed by atoms with Gasteiger partial charge in [-0.1, -0.05) is 6.07 Å². The van der Waals surface area contributed by atoms with Crippen LogP contribution in [0.4, 0.5) is 10.5 Å². The number of aromatic nitrogens is 5. The predicted octanol–water partition coefficient (Wildman–Crippen LogP) is 1.80. The lowest BCUT2D eigenvalue weighted by molar-refractivity contribution is -0.119. The maximum absolute atomic E-state index is 12.3. The average Bonchev–Trinajstić information content (AvgIpc) is 3.32. The van der Waals surface area contributed by atoms with E-state index in [0.717, 1.165) is 22.4 Å². The number of amides is 2. The fraction of sp³-hybridized carbons (Fsp3) is 0.300. The standard InChI is InChI=1S/C20H21N7O3/c1-12-8-15(16-5-7-19(22-9-16)27-13(2)23-24-25-27)4-6-18(12)26-11-17(30-20(26)29)10-21-14(3)28/h4-9,17H,10-11H2,1-3H3,(H,21,28)/t17-/m0/s1. The smallest absolute Gasteiger partial charge is 0.414 e. The Kier molecular flexibility index (Phi) is 5.13. The minimum Gasteiger partial charge on any atom is -0.442 e. The lowest BCUT2D eigenvalue weighted by Crippen LogP contribution is -2.33. The highest BCUT2D eigenvalue weighted by Crippen LogP contribution is 2.29. The highest BCUT2D eigenvalue weighted by Gasteiger charge is 2.33. The molecule has 0 unspecified atom stereocenters. The Morgan fingerprint density at radius 1 is 1.23 bits per heavy atom. The van der Waals surface area contributed by atoms with Crippen molar-refractivity contribution < 1.29 is 14.3 Å². The minimum absolute atomic E-state index is 0.153. The van der Waals surface area contributed by atoms with Gasteiger partial charge in [0.2, 0.25) is 5.91 Å². The highest BCUT2D eigenvalue weighted by atomic mass is 16.6. The molecule has 1 aliphatic rings. The fourth-order valence-electron chi connectivity index (χ4n) is 3.35. The van der Waals surface area contributed by atoms with Crippen LogP contribution in [0.1, 0.15) is 18.3 Å². The van der Waals surface area contributed by atoms with Crippen molar-refractivity contribution in [2.24, 2.45) is 0 Å². The normalized spacial score (nSPS) is 15.9. The Labute approximate surface area is 172 Å². The first-order chi connectivity index (χ1) is 14.4. The molecular weight excluding hydrogens is 386 g/mol. The molecule has 1 saturated heterocycles. The van der Waals surface area contributed by atoms with Crippen LogP contribution in [0, 0.1) is 13.8 Å². The van der Waals surface area contributed by atoms with E-state index in [9.17, 15) is 9.59 Å². The van der Waals surface area contributed by atoms with Crippen LogP contribution in [-0.4, -0.2) is 56.4 Å². The third kappa shape index (κ3) is 3.84. The Bertz CT molecular complexity index is 1090. The van der Waals surface area contributed by atoms with Crippen molar-refractivity contribution in [1.82, 2.24) is 30.5 Å². The van der Waals surface area contributed by atoms with E-state index in [1.165, 1.54) is 6.92 Å². The highest BCUT2D eigenvalue weighted by molar-refractivity contribution is 5.91. The summed E-state index contributed by atoms with van der Waals surface area (Å²) in [6.45, 7) is 5.87. The molecule has 1 aromatic carbocycles. The first-order valence-electron chi connectivity index (χ1n) is 9.47. The van der Waals surface area contributed by atoms with Crippen LogP contribution >= 0.6 is 0 Å². The van der Waals surface area contributed by atoms with Crippen molar-refractivity contribution in [3.63, 3.8) is 0 Å². The molecule has 1 aliphatic heterocycles. The Hall–Kier alpha value is -3.82. The quantitative estimate of drug-likeness (QED) is 0.686. The zero-order chi connectivity index (χ0) is 21.3. The molecule has 0 spiro atoms. The number of pyridine rings is 1. The van der Waals surface area contributed by atoms with Crippen LogP contribution in [0.15, 0.2) is 36.5 Å². The maximum atomic E-state index is 12.3. The molecule has 0 saturated carbocycles. The third-order valence-corrected chi connectivity index (χ3v) is 4.86. The zero-order valence-electron chi connectivity index (χ0n) is 16.9. The molecule has 10 nitrogen and oxygen atoms in total. The SMILES string of the molecule is CC(=O)NC[C@H]1CN(c2ccc(-c3ccc(-n4nnnc4C)nc3)cc2C)C(=O)O1. The lowest BCUT2D eigenvalue weighted by Gasteiger charge is -2.17. The first kappa shape index (κ1) is 19.5. The molecule has 1 fully saturated rings. The van der Waals surface area contributed by atoms with Gasteiger partial charge in [0.25, 0.3) is 0 Å². The molecule has 2 amide bonds. The van der Waals surface area contributed by atoms with Gasteiger partial charge in [-0.05, 0) is 59.7 Å². The van der Waals surface area contributed by atoms with Crippen LogP contribution in [0.25, 0.3) is 16.9 Å². The summed E-state index contributed by atoms with van der Waals surface area (Å²) in [5, 5.41) is 14.1. The number of carbonyl (C=O) groups is 2. The lowest BCUT2D eigenvalue weighted by atomic mass is 10.0. The number of hydrogen-bond acceptors (Lipinski definition) is 7. The van der Waals surface area contributed by atoms with Gasteiger partial charge in [-0.15, -0.1) is 5.10 Å². The van der Waals surface area contributed by atoms with Crippen molar-refractivity contribution >= 4 is 17.7 Å². The number of anilines is 1. The van der Waals surface area contributed by atoms with E-state index in [-0.39, 0.29) is 12.0 Å². The number of nitrogens with one attached hydrogen (secondary N) is 1. The van der Waals surface area contributed by atoms with Crippen molar-refractivity contribution in [3.05, 3.63) is 47.9 Å². The van der Waals surface area contributed by atoms with E-state index < -0.39 is 6.09 Å². The van der Waals surface area contributed by atoms with Crippen molar-refractivity contribution in [2.45, 2.75) is 26.9 Å². The Morgan fingerprint density at radius 2 is 2.03 bits per heavy atom. The molecule has 1 N–H and O–H groups in total. The summed E-state index contributed by atoms with van der Waals surface area (Å²) in [7, 11) is 0. The largest absolute Gasteiger partial charge is 0.442 e. The van der Waals surface area contributed by atoms with Gasteiger partial charge in [0, 0.05) is 18.7 Å². The summed E-state index contributed by atoms with van der Waals surface area (Å²) < 4.78 is 6.91. The summed E-state index contributed by atoms with van der Waals surface area (Å²) >= 11 is 0. The van der Waals surface area contributed by atoms with Crippen LogP contribution in [-0.2, 0) is 9.53 Å². The van der Waals surface area contributed by atoms with Gasteiger partial charge in [0.1, 0.15) is 6.10 Å². The van der Waals surface area contributed by atoms with E-state index in [0.29, 0.717) is 24.7 Å². The van der Waals surface area contributed by atoms with Gasteiger partial charge >= 0.3 is 6.09 Å². The molecule has 1 atom stereocenters. The predicted molar refractivity (Wildman–Crippen MR) is 108 cm³/mol. The molecule has 3 heterocycles. The van der Waals surface area contributed by atoms with E-state index in [2.05, 4.69) is 25.8 Å². The van der Waals surface area contributed by atoms with Crippen molar-refractivity contribution in [2.75, 3.05) is 18.0 Å². The monoisotopic (exact) mass is 407 g/mol. The van der Waals surface area contributed by atoms with Gasteiger partial charge < -0.3 is 10.1 Å². The molecule has 2 aromatic heterocycles. The van der Waals surface area contributed by atoms with Crippen LogP contribution in [0.2, 0.25) is 0 Å². The molecule has 3 aromatic rings. The summed E-state index contributed by atoms with van der Waals surface area (Å²) in [5.41, 5.74) is 3.63. The Balaban J connectivity index is 1.51. The molecule has 10 heteroatoms. The van der Waals surface area contributed by atoms with E-state index in [1.807, 2.05) is 44.2 Å². The van der Waals surface area contributed by atoms with Crippen LogP contribution in [0.3, 0.4) is 0 Å².